The Labute approximate surface area is 108 Å². The maximum Gasteiger partial charge on any atom is 0.260 e. The Hall–Kier alpha value is -0.920. The van der Waals surface area contributed by atoms with Gasteiger partial charge in [0.2, 0.25) is 0 Å². The SMILES string of the molecule is Cc1ncc(S(=O)(=O)N2CCCC(C)C2CN)[nH]1. The predicted molar refractivity (Wildman–Crippen MR) is 68.5 cm³/mol. The molecular formula is C11H20N4O2S. The zero-order chi connectivity index (χ0) is 13.3. The summed E-state index contributed by atoms with van der Waals surface area (Å²) in [6, 6.07) is -0.118. The van der Waals surface area contributed by atoms with Crippen LogP contribution in [0.5, 0.6) is 0 Å². The van der Waals surface area contributed by atoms with E-state index < -0.39 is 10.0 Å². The van der Waals surface area contributed by atoms with Gasteiger partial charge in [0, 0.05) is 19.1 Å². The molecule has 0 bridgehead atoms. The van der Waals surface area contributed by atoms with E-state index in [2.05, 4.69) is 16.9 Å². The molecule has 1 aromatic heterocycles. The van der Waals surface area contributed by atoms with E-state index in [1.54, 1.807) is 6.92 Å². The quantitative estimate of drug-likeness (QED) is 0.836. The molecule has 0 aliphatic carbocycles. The summed E-state index contributed by atoms with van der Waals surface area (Å²) < 4.78 is 26.6. The molecular weight excluding hydrogens is 252 g/mol. The molecule has 1 aliphatic rings. The van der Waals surface area contributed by atoms with Crippen molar-refractivity contribution in [3.63, 3.8) is 0 Å². The van der Waals surface area contributed by atoms with Gasteiger partial charge in [-0.25, -0.2) is 13.4 Å². The summed E-state index contributed by atoms with van der Waals surface area (Å²) in [5, 5.41) is 0.160. The second-order valence-corrected chi connectivity index (χ2v) is 6.73. The second kappa shape index (κ2) is 4.99. The highest BCUT2D eigenvalue weighted by molar-refractivity contribution is 7.89. The summed E-state index contributed by atoms with van der Waals surface area (Å²) in [6.07, 6.45) is 3.28. The van der Waals surface area contributed by atoms with E-state index in [-0.39, 0.29) is 11.1 Å². The van der Waals surface area contributed by atoms with Crippen molar-refractivity contribution >= 4 is 10.0 Å². The maximum atomic E-state index is 12.5. The number of aromatic nitrogens is 2. The highest BCUT2D eigenvalue weighted by atomic mass is 32.2. The smallest absolute Gasteiger partial charge is 0.260 e. The lowest BCUT2D eigenvalue weighted by Crippen LogP contribution is -2.51. The minimum Gasteiger partial charge on any atom is -0.332 e. The number of piperidine rings is 1. The molecule has 2 rings (SSSR count). The van der Waals surface area contributed by atoms with Crippen molar-refractivity contribution < 1.29 is 8.42 Å². The van der Waals surface area contributed by atoms with Crippen molar-refractivity contribution in [3.05, 3.63) is 12.0 Å². The molecule has 0 aromatic carbocycles. The van der Waals surface area contributed by atoms with Crippen LogP contribution in [0.15, 0.2) is 11.2 Å². The highest BCUT2D eigenvalue weighted by Crippen LogP contribution is 2.27. The van der Waals surface area contributed by atoms with Gasteiger partial charge in [-0.15, -0.1) is 0 Å². The van der Waals surface area contributed by atoms with E-state index in [0.717, 1.165) is 12.8 Å². The molecule has 7 heteroatoms. The molecule has 2 heterocycles. The summed E-state index contributed by atoms with van der Waals surface area (Å²) in [4.78, 5) is 6.75. The highest BCUT2D eigenvalue weighted by Gasteiger charge is 2.37. The third-order valence-corrected chi connectivity index (χ3v) is 5.41. The summed E-state index contributed by atoms with van der Waals surface area (Å²) in [5.74, 6) is 0.894. The van der Waals surface area contributed by atoms with Gasteiger partial charge in [0.25, 0.3) is 10.0 Å². The number of hydrogen-bond acceptors (Lipinski definition) is 4. The van der Waals surface area contributed by atoms with Gasteiger partial charge in [0.05, 0.1) is 6.20 Å². The number of aryl methyl sites for hydroxylation is 1. The molecule has 2 atom stereocenters. The molecule has 1 aromatic rings. The number of aromatic amines is 1. The van der Waals surface area contributed by atoms with E-state index in [1.807, 2.05) is 0 Å². The van der Waals surface area contributed by atoms with Crippen LogP contribution in [-0.2, 0) is 10.0 Å². The Morgan fingerprint density at radius 2 is 2.33 bits per heavy atom. The number of imidazole rings is 1. The van der Waals surface area contributed by atoms with Gasteiger partial charge < -0.3 is 10.7 Å². The van der Waals surface area contributed by atoms with E-state index >= 15 is 0 Å². The zero-order valence-electron chi connectivity index (χ0n) is 10.8. The van der Waals surface area contributed by atoms with Crippen LogP contribution in [0, 0.1) is 12.8 Å². The van der Waals surface area contributed by atoms with Crippen molar-refractivity contribution in [3.8, 4) is 0 Å². The van der Waals surface area contributed by atoms with Gasteiger partial charge >= 0.3 is 0 Å². The number of nitrogens with one attached hydrogen (secondary N) is 1. The number of nitrogens with zero attached hydrogens (tertiary/aromatic N) is 2. The largest absolute Gasteiger partial charge is 0.332 e. The first kappa shape index (κ1) is 13.5. The van der Waals surface area contributed by atoms with Crippen molar-refractivity contribution in [1.29, 1.82) is 0 Å². The summed E-state index contributed by atoms with van der Waals surface area (Å²) in [5.41, 5.74) is 5.73. The van der Waals surface area contributed by atoms with E-state index in [9.17, 15) is 8.42 Å². The summed E-state index contributed by atoms with van der Waals surface area (Å²) >= 11 is 0. The maximum absolute atomic E-state index is 12.5. The number of rotatable bonds is 3. The molecule has 0 radical (unpaired) electrons. The first-order valence-electron chi connectivity index (χ1n) is 6.20. The molecule has 1 aliphatic heterocycles. The lowest BCUT2D eigenvalue weighted by Gasteiger charge is -2.37. The number of sulfonamides is 1. The van der Waals surface area contributed by atoms with Gasteiger partial charge in [-0.1, -0.05) is 6.92 Å². The fourth-order valence-electron chi connectivity index (χ4n) is 2.52. The number of hydrogen-bond donors (Lipinski definition) is 2. The molecule has 0 spiro atoms. The van der Waals surface area contributed by atoms with Crippen LogP contribution in [0.1, 0.15) is 25.6 Å². The van der Waals surface area contributed by atoms with Crippen LogP contribution >= 0.6 is 0 Å². The monoisotopic (exact) mass is 272 g/mol. The van der Waals surface area contributed by atoms with Crippen LogP contribution in [0.2, 0.25) is 0 Å². The average Bonchev–Trinajstić information content (AvgIpc) is 2.76. The van der Waals surface area contributed by atoms with Gasteiger partial charge in [-0.05, 0) is 25.7 Å². The average molecular weight is 272 g/mol. The Bertz CT molecular complexity index is 511. The minimum absolute atomic E-state index is 0.118. The zero-order valence-corrected chi connectivity index (χ0v) is 11.6. The van der Waals surface area contributed by atoms with Crippen LogP contribution in [0.4, 0.5) is 0 Å². The van der Waals surface area contributed by atoms with E-state index in [4.69, 9.17) is 5.73 Å². The lowest BCUT2D eigenvalue weighted by atomic mass is 9.93. The third kappa shape index (κ3) is 2.30. The van der Waals surface area contributed by atoms with Crippen molar-refractivity contribution in [2.24, 2.45) is 11.7 Å². The van der Waals surface area contributed by atoms with Gasteiger partial charge in [0.15, 0.2) is 5.03 Å². The van der Waals surface area contributed by atoms with Crippen LogP contribution in [0.3, 0.4) is 0 Å². The minimum atomic E-state index is -3.50. The van der Waals surface area contributed by atoms with E-state index in [1.165, 1.54) is 10.5 Å². The lowest BCUT2D eigenvalue weighted by molar-refractivity contribution is 0.192. The van der Waals surface area contributed by atoms with Crippen molar-refractivity contribution in [2.75, 3.05) is 13.1 Å². The molecule has 1 saturated heterocycles. The topological polar surface area (TPSA) is 92.1 Å². The van der Waals surface area contributed by atoms with Crippen molar-refractivity contribution in [2.45, 2.75) is 37.8 Å². The summed E-state index contributed by atoms with van der Waals surface area (Å²) in [6.45, 7) is 4.68. The van der Waals surface area contributed by atoms with Gasteiger partial charge in [0.1, 0.15) is 5.82 Å². The molecule has 6 nitrogen and oxygen atoms in total. The summed E-state index contributed by atoms with van der Waals surface area (Å²) in [7, 11) is -3.50. The Morgan fingerprint density at radius 3 is 2.89 bits per heavy atom. The van der Waals surface area contributed by atoms with Crippen LogP contribution in [-0.4, -0.2) is 41.8 Å². The Kier molecular flexibility index (Phi) is 3.74. The van der Waals surface area contributed by atoms with Crippen LogP contribution in [0.25, 0.3) is 0 Å². The fraction of sp³-hybridized carbons (Fsp3) is 0.727. The van der Waals surface area contributed by atoms with Crippen molar-refractivity contribution in [1.82, 2.24) is 14.3 Å². The molecule has 2 unspecified atom stereocenters. The Morgan fingerprint density at radius 1 is 1.61 bits per heavy atom. The first-order chi connectivity index (χ1) is 8.46. The third-order valence-electron chi connectivity index (χ3n) is 3.57. The van der Waals surface area contributed by atoms with Crippen LogP contribution < -0.4 is 5.73 Å². The van der Waals surface area contributed by atoms with Gasteiger partial charge in [-0.3, -0.25) is 0 Å². The normalized spacial score (nSPS) is 26.4. The first-order valence-corrected chi connectivity index (χ1v) is 7.64. The number of nitrogens with two attached hydrogens (primary N) is 1. The molecule has 3 N–H and O–H groups in total. The number of H-pyrrole nitrogens is 1. The molecule has 18 heavy (non-hydrogen) atoms. The van der Waals surface area contributed by atoms with E-state index in [0.29, 0.717) is 24.8 Å². The molecule has 0 amide bonds. The second-order valence-electron chi connectivity index (χ2n) is 4.87. The molecule has 1 fully saturated rings. The Balaban J connectivity index is 2.34. The molecule has 0 saturated carbocycles. The van der Waals surface area contributed by atoms with Gasteiger partial charge in [-0.2, -0.15) is 4.31 Å². The standard InChI is InChI=1S/C11H20N4O2S/c1-8-4-3-5-15(10(8)6-12)18(16,17)11-7-13-9(2)14-11/h7-8,10H,3-6,12H2,1-2H3,(H,13,14). The predicted octanol–water partition coefficient (Wildman–Crippen LogP) is 0.466. The molecule has 102 valence electrons. The fourth-order valence-corrected chi connectivity index (χ4v) is 4.25.